The normalized spacial score (nSPS) is 23.5. The van der Waals surface area contributed by atoms with Crippen LogP contribution in [-0.2, 0) is 28.7 Å². The number of hydrogen-bond donors (Lipinski definition) is 0. The topological polar surface area (TPSA) is 184 Å². The molecule has 0 bridgehead atoms. The van der Waals surface area contributed by atoms with Gasteiger partial charge in [0, 0.05) is 0 Å². The molecule has 5 aromatic rings. The summed E-state index contributed by atoms with van der Waals surface area (Å²) in [4.78, 5) is 84.1. The van der Waals surface area contributed by atoms with Crippen LogP contribution in [0.5, 0.6) is 23.0 Å². The fraction of sp³-hybridized carbons (Fsp3) is 0.508. The lowest BCUT2D eigenvalue weighted by Gasteiger charge is -2.27. The number of fused-ring (bicyclic) bond motifs is 1. The number of nitrogens with zero attached hydrogens (tertiary/aromatic N) is 1. The molecule has 77 heavy (non-hydrogen) atoms. The van der Waals surface area contributed by atoms with Crippen molar-refractivity contribution in [2.75, 3.05) is 0 Å². The number of benzene rings is 4. The summed E-state index contributed by atoms with van der Waals surface area (Å²) in [6, 6.07) is 24.9. The summed E-state index contributed by atoms with van der Waals surface area (Å²) in [5.74, 6) is -0.586. The van der Waals surface area contributed by atoms with Gasteiger partial charge >= 0.3 is 35.8 Å². The van der Waals surface area contributed by atoms with Gasteiger partial charge in [-0.05, 0) is 193 Å². The van der Waals surface area contributed by atoms with E-state index in [4.69, 9.17) is 32.8 Å². The summed E-state index contributed by atoms with van der Waals surface area (Å²) < 4.78 is 41.1. The highest BCUT2D eigenvalue weighted by Crippen LogP contribution is 2.39. The predicted octanol–water partition coefficient (Wildman–Crippen LogP) is 13.9. The molecule has 0 saturated heterocycles. The molecular weight excluding hydrogens is 979 g/mol. The molecule has 0 aliphatic heterocycles. The highest BCUT2D eigenvalue weighted by atomic mass is 16.6. The van der Waals surface area contributed by atoms with Gasteiger partial charge in [0.1, 0.15) is 40.7 Å². The summed E-state index contributed by atoms with van der Waals surface area (Å²) in [6.45, 7) is 4.41. The van der Waals surface area contributed by atoms with Gasteiger partial charge in [0.25, 0.3) is 0 Å². The van der Waals surface area contributed by atoms with Crippen molar-refractivity contribution in [3.63, 3.8) is 0 Å². The molecule has 408 valence electrons. The van der Waals surface area contributed by atoms with E-state index in [2.05, 4.69) is 18.8 Å². The van der Waals surface area contributed by atoms with Crippen molar-refractivity contribution in [3.05, 3.63) is 102 Å². The van der Waals surface area contributed by atoms with Crippen LogP contribution in [-0.4, -0.2) is 53.0 Å². The van der Waals surface area contributed by atoms with Gasteiger partial charge in [-0.15, -0.1) is 0 Å². The second kappa shape index (κ2) is 26.5. The van der Waals surface area contributed by atoms with Crippen LogP contribution >= 0.6 is 0 Å². The van der Waals surface area contributed by atoms with Gasteiger partial charge in [0.2, 0.25) is 5.89 Å². The third kappa shape index (κ3) is 14.8. The maximum Gasteiger partial charge on any atom is 0.338 e. The maximum atomic E-state index is 13.8. The predicted molar refractivity (Wildman–Crippen MR) is 287 cm³/mol. The molecule has 0 atom stereocenters. The molecule has 1 aromatic heterocycles. The first kappa shape index (κ1) is 54.9. The Morgan fingerprint density at radius 1 is 0.468 bits per heavy atom. The van der Waals surface area contributed by atoms with Crippen LogP contribution in [0.4, 0.5) is 0 Å². The third-order valence-electron chi connectivity index (χ3n) is 16.4. The van der Waals surface area contributed by atoms with Crippen molar-refractivity contribution in [3.8, 4) is 34.5 Å². The van der Waals surface area contributed by atoms with E-state index in [0.29, 0.717) is 102 Å². The molecule has 4 saturated carbocycles. The SMILES string of the molecule is CCCCC1CCC(C(=O)Oc2ccc(C(=O)O[C@H]3CC[C@H](C(=O)Oc4ccc(OC(=O)[C@H]5CC[C@H](OC(=O)c6ccc(OC(=O)C7CCC(CCCC)CC7)cc6)CC5)c(-c5nc6ccccc6o5)c4)CC3)cc2)CC1. The van der Waals surface area contributed by atoms with Crippen molar-refractivity contribution in [2.24, 2.45) is 35.5 Å². The Hall–Kier alpha value is -6.83. The summed E-state index contributed by atoms with van der Waals surface area (Å²) in [5.41, 5.74) is 2.15. The van der Waals surface area contributed by atoms with Crippen molar-refractivity contribution in [2.45, 2.75) is 167 Å². The van der Waals surface area contributed by atoms with Crippen LogP contribution in [0.15, 0.2) is 95.4 Å². The van der Waals surface area contributed by atoms with Crippen LogP contribution in [0.1, 0.15) is 176 Å². The van der Waals surface area contributed by atoms with E-state index < -0.39 is 35.7 Å². The smallest absolute Gasteiger partial charge is 0.338 e. The Bertz CT molecular complexity index is 2770. The molecule has 1 heterocycles. The average Bonchev–Trinajstić information content (AvgIpc) is 3.90. The van der Waals surface area contributed by atoms with E-state index in [-0.39, 0.29) is 53.4 Å². The number of aromatic nitrogens is 1. The van der Waals surface area contributed by atoms with Gasteiger partial charge in [-0.1, -0.05) is 64.5 Å². The van der Waals surface area contributed by atoms with E-state index >= 15 is 0 Å². The zero-order valence-electron chi connectivity index (χ0n) is 44.6. The molecule has 0 amide bonds. The number of oxazole rings is 1. The zero-order chi connectivity index (χ0) is 53.7. The standard InChI is InChI=1S/C63H73NO13/c1-3-5-9-40-13-17-42(18-14-40)58(65)71-48-29-21-44(22-30-48)60(67)73-50-33-25-46(26-34-50)62(69)75-52-37-38-55(53(39-52)57-64-54-11-7-8-12-56(54)76-57)77-63(70)47-27-35-51(36-28-47)74-61(68)45-23-31-49(32-24-45)72-59(66)43-19-15-41(16-20-43)10-6-4-2/h7-8,11-12,21-24,29-32,37-43,46-47,50-51H,3-6,9-10,13-20,25-28,33-36H2,1-2H3/t40?,41?,42?,43?,46-,47-,50-,51-. The quantitative estimate of drug-likeness (QED) is 0.0562. The first-order valence-corrected chi connectivity index (χ1v) is 28.5. The summed E-state index contributed by atoms with van der Waals surface area (Å²) in [5, 5.41) is 0. The fourth-order valence-electron chi connectivity index (χ4n) is 11.6. The minimum absolute atomic E-state index is 0.0970. The maximum absolute atomic E-state index is 13.8. The number of carbonyl (C=O) groups is 6. The van der Waals surface area contributed by atoms with Crippen LogP contribution in [0.25, 0.3) is 22.6 Å². The van der Waals surface area contributed by atoms with Crippen molar-refractivity contribution >= 4 is 46.9 Å². The molecule has 4 aliphatic rings. The zero-order valence-corrected chi connectivity index (χ0v) is 44.6. The number of para-hydroxylation sites is 2. The van der Waals surface area contributed by atoms with Crippen LogP contribution in [0.3, 0.4) is 0 Å². The molecule has 9 rings (SSSR count). The number of rotatable bonds is 19. The van der Waals surface area contributed by atoms with Crippen LogP contribution < -0.4 is 18.9 Å². The van der Waals surface area contributed by atoms with Crippen LogP contribution in [0, 0.1) is 35.5 Å². The first-order valence-electron chi connectivity index (χ1n) is 28.5. The third-order valence-corrected chi connectivity index (χ3v) is 16.4. The first-order chi connectivity index (χ1) is 37.5. The fourth-order valence-corrected chi connectivity index (χ4v) is 11.6. The van der Waals surface area contributed by atoms with Crippen molar-refractivity contribution < 1.29 is 61.6 Å². The van der Waals surface area contributed by atoms with Gasteiger partial charge in [0.05, 0.1) is 40.4 Å². The highest BCUT2D eigenvalue weighted by Gasteiger charge is 2.34. The summed E-state index contributed by atoms with van der Waals surface area (Å²) >= 11 is 0. The second-order valence-electron chi connectivity index (χ2n) is 21.9. The molecule has 0 N–H and O–H groups in total. The van der Waals surface area contributed by atoms with Gasteiger partial charge in [0.15, 0.2) is 5.58 Å². The molecule has 0 radical (unpaired) electrons. The molecule has 0 spiro atoms. The lowest BCUT2D eigenvalue weighted by Crippen LogP contribution is -2.30. The Balaban J connectivity index is 0.731. The Morgan fingerprint density at radius 3 is 1.31 bits per heavy atom. The minimum atomic E-state index is -0.485. The van der Waals surface area contributed by atoms with Gasteiger partial charge in [-0.25, -0.2) is 14.6 Å². The van der Waals surface area contributed by atoms with E-state index in [1.165, 1.54) is 38.5 Å². The Morgan fingerprint density at radius 2 is 0.870 bits per heavy atom. The highest BCUT2D eigenvalue weighted by molar-refractivity contribution is 5.90. The van der Waals surface area contributed by atoms with Gasteiger partial charge < -0.3 is 32.8 Å². The number of esters is 6. The Kier molecular flexibility index (Phi) is 18.9. The molecule has 14 heteroatoms. The number of ether oxygens (including phenoxy) is 6. The summed E-state index contributed by atoms with van der Waals surface area (Å²) in [6.07, 6.45) is 17.8. The number of carbonyl (C=O) groups excluding carboxylic acids is 6. The molecule has 14 nitrogen and oxygen atoms in total. The molecule has 4 fully saturated rings. The van der Waals surface area contributed by atoms with Crippen LogP contribution in [0.2, 0.25) is 0 Å². The van der Waals surface area contributed by atoms with E-state index in [1.807, 2.05) is 12.1 Å². The summed E-state index contributed by atoms with van der Waals surface area (Å²) in [7, 11) is 0. The van der Waals surface area contributed by atoms with Gasteiger partial charge in [-0.2, -0.15) is 0 Å². The minimum Gasteiger partial charge on any atom is -0.459 e. The van der Waals surface area contributed by atoms with E-state index in [0.717, 1.165) is 51.4 Å². The van der Waals surface area contributed by atoms with E-state index in [9.17, 15) is 28.8 Å². The number of hydrogen-bond acceptors (Lipinski definition) is 14. The molecule has 4 aliphatic carbocycles. The Labute approximate surface area is 451 Å². The van der Waals surface area contributed by atoms with Gasteiger partial charge in [-0.3, -0.25) is 19.2 Å². The van der Waals surface area contributed by atoms with E-state index in [1.54, 1.807) is 78.9 Å². The van der Waals surface area contributed by atoms with Crippen molar-refractivity contribution in [1.82, 2.24) is 4.98 Å². The molecule has 0 unspecified atom stereocenters. The average molecular weight is 1050 g/mol. The lowest BCUT2D eigenvalue weighted by molar-refractivity contribution is -0.141. The largest absolute Gasteiger partial charge is 0.459 e. The lowest BCUT2D eigenvalue weighted by atomic mass is 9.80. The number of unbranched alkanes of at least 4 members (excludes halogenated alkanes) is 2. The monoisotopic (exact) mass is 1050 g/mol. The molecule has 4 aromatic carbocycles. The molecular formula is C63H73NO13. The van der Waals surface area contributed by atoms with Crippen molar-refractivity contribution in [1.29, 1.82) is 0 Å². The second-order valence-corrected chi connectivity index (χ2v) is 21.9.